The van der Waals surface area contributed by atoms with Gasteiger partial charge in [-0.2, -0.15) is 4.98 Å². The number of hydrogen-bond donors (Lipinski definition) is 2. The lowest BCUT2D eigenvalue weighted by molar-refractivity contribution is 0.160. The van der Waals surface area contributed by atoms with E-state index in [0.29, 0.717) is 19.2 Å². The molecule has 2 amide bonds. The third kappa shape index (κ3) is 2.53. The van der Waals surface area contributed by atoms with Gasteiger partial charge in [-0.25, -0.2) is 4.79 Å². The van der Waals surface area contributed by atoms with Gasteiger partial charge in [0.1, 0.15) is 0 Å². The van der Waals surface area contributed by atoms with E-state index in [4.69, 9.17) is 10.5 Å². The number of aromatic nitrogens is 2. The smallest absolute Gasteiger partial charge is 0.315 e. The molecule has 0 aliphatic carbocycles. The maximum atomic E-state index is 11.7. The highest BCUT2D eigenvalue weighted by Gasteiger charge is 2.28. The van der Waals surface area contributed by atoms with Gasteiger partial charge in [0.25, 0.3) is 6.01 Å². The molecule has 0 saturated carbocycles. The lowest BCUT2D eigenvalue weighted by Gasteiger charge is -2.34. The summed E-state index contributed by atoms with van der Waals surface area (Å²) < 4.78 is 5.44. The Kier molecular flexibility index (Phi) is 3.68. The molecule has 6 heteroatoms. The molecule has 1 aromatic heterocycles. The van der Waals surface area contributed by atoms with Gasteiger partial charge in [0.05, 0.1) is 23.7 Å². The van der Waals surface area contributed by atoms with Gasteiger partial charge < -0.3 is 20.4 Å². The van der Waals surface area contributed by atoms with E-state index in [1.807, 2.05) is 25.1 Å². The highest BCUT2D eigenvalue weighted by molar-refractivity contribution is 5.81. The highest BCUT2D eigenvalue weighted by Crippen LogP contribution is 2.34. The minimum absolute atomic E-state index is 0.00211. The van der Waals surface area contributed by atoms with E-state index in [2.05, 4.69) is 9.97 Å². The van der Waals surface area contributed by atoms with Crippen LogP contribution < -0.4 is 10.5 Å². The van der Waals surface area contributed by atoms with Crippen molar-refractivity contribution in [3.8, 4) is 6.01 Å². The largest absolute Gasteiger partial charge is 0.465 e. The van der Waals surface area contributed by atoms with Crippen molar-refractivity contribution >= 4 is 17.1 Å². The Morgan fingerprint density at radius 2 is 2.38 bits per heavy atom. The average molecular weight is 288 g/mol. The standard InChI is InChI=1S/C15H20N4O2/c1-2-21-15-17-11-7-5-6-10(13(11)18-15)12-8-3-4-9-19(12)14(16)20/h5-7,12H,2-4,8-9H2,1H3,(H2,16,20)(H,17,18). The van der Waals surface area contributed by atoms with Crippen LogP contribution in [0, 0.1) is 0 Å². The predicted octanol–water partition coefficient (Wildman–Crippen LogP) is 2.57. The van der Waals surface area contributed by atoms with Crippen molar-refractivity contribution in [2.45, 2.75) is 32.2 Å². The van der Waals surface area contributed by atoms with Gasteiger partial charge in [0, 0.05) is 12.1 Å². The van der Waals surface area contributed by atoms with Crippen molar-refractivity contribution < 1.29 is 9.53 Å². The number of nitrogens with two attached hydrogens (primary N) is 1. The number of nitrogens with zero attached hydrogens (tertiary/aromatic N) is 2. The monoisotopic (exact) mass is 288 g/mol. The summed E-state index contributed by atoms with van der Waals surface area (Å²) in [5.74, 6) is 0. The molecule has 1 unspecified atom stereocenters. The molecular weight excluding hydrogens is 268 g/mol. The number of imidazole rings is 1. The molecule has 1 aliphatic heterocycles. The second-order valence-corrected chi connectivity index (χ2v) is 5.26. The van der Waals surface area contributed by atoms with Gasteiger partial charge in [0.2, 0.25) is 0 Å². The number of rotatable bonds is 3. The first-order valence-electron chi connectivity index (χ1n) is 7.38. The normalized spacial score (nSPS) is 18.9. The quantitative estimate of drug-likeness (QED) is 0.910. The lowest BCUT2D eigenvalue weighted by atomic mass is 9.94. The summed E-state index contributed by atoms with van der Waals surface area (Å²) in [6.07, 6.45) is 3.01. The van der Waals surface area contributed by atoms with E-state index in [1.165, 1.54) is 0 Å². The summed E-state index contributed by atoms with van der Waals surface area (Å²) in [5.41, 5.74) is 8.34. The van der Waals surface area contributed by atoms with Crippen LogP contribution in [0.3, 0.4) is 0 Å². The summed E-state index contributed by atoms with van der Waals surface area (Å²) in [6.45, 7) is 3.19. The number of amides is 2. The van der Waals surface area contributed by atoms with Crippen molar-refractivity contribution in [1.29, 1.82) is 0 Å². The highest BCUT2D eigenvalue weighted by atomic mass is 16.5. The maximum Gasteiger partial charge on any atom is 0.315 e. The number of hydrogen-bond acceptors (Lipinski definition) is 3. The summed E-state index contributed by atoms with van der Waals surface area (Å²) in [5, 5.41) is 0. The molecule has 0 radical (unpaired) electrons. The number of carbonyl (C=O) groups excluding carboxylic acids is 1. The molecule has 2 aromatic rings. The topological polar surface area (TPSA) is 84.2 Å². The molecule has 1 atom stereocenters. The van der Waals surface area contributed by atoms with E-state index >= 15 is 0 Å². The predicted molar refractivity (Wildman–Crippen MR) is 80.1 cm³/mol. The van der Waals surface area contributed by atoms with Crippen molar-refractivity contribution in [1.82, 2.24) is 14.9 Å². The van der Waals surface area contributed by atoms with Crippen LogP contribution >= 0.6 is 0 Å². The van der Waals surface area contributed by atoms with Crippen LogP contribution in [0.4, 0.5) is 4.79 Å². The van der Waals surface area contributed by atoms with Gasteiger partial charge in [-0.1, -0.05) is 12.1 Å². The number of benzene rings is 1. The molecule has 112 valence electrons. The van der Waals surface area contributed by atoms with E-state index in [1.54, 1.807) is 4.90 Å². The lowest BCUT2D eigenvalue weighted by Crippen LogP contribution is -2.41. The summed E-state index contributed by atoms with van der Waals surface area (Å²) in [7, 11) is 0. The minimum Gasteiger partial charge on any atom is -0.465 e. The first kappa shape index (κ1) is 13.7. The van der Waals surface area contributed by atoms with E-state index in [-0.39, 0.29) is 12.1 Å². The molecule has 0 bridgehead atoms. The minimum atomic E-state index is -0.364. The number of likely N-dealkylation sites (tertiary alicyclic amines) is 1. The zero-order chi connectivity index (χ0) is 14.8. The van der Waals surface area contributed by atoms with Gasteiger partial charge in [-0.05, 0) is 32.3 Å². The Morgan fingerprint density at radius 3 is 3.14 bits per heavy atom. The molecule has 0 spiro atoms. The van der Waals surface area contributed by atoms with Crippen LogP contribution in [0.25, 0.3) is 11.0 Å². The Balaban J connectivity index is 2.03. The SMILES string of the molecule is CCOc1nc2c(C3CCCCN3C(N)=O)cccc2[nH]1. The van der Waals surface area contributed by atoms with Gasteiger partial charge >= 0.3 is 6.03 Å². The molecule has 3 N–H and O–H groups in total. The summed E-state index contributed by atoms with van der Waals surface area (Å²) in [6, 6.07) is 6.10. The first-order valence-corrected chi connectivity index (χ1v) is 7.38. The first-order chi connectivity index (χ1) is 10.2. The number of urea groups is 1. The number of H-pyrrole nitrogens is 1. The summed E-state index contributed by atoms with van der Waals surface area (Å²) in [4.78, 5) is 21.1. The summed E-state index contributed by atoms with van der Waals surface area (Å²) >= 11 is 0. The second kappa shape index (κ2) is 5.63. The zero-order valence-electron chi connectivity index (χ0n) is 12.1. The zero-order valence-corrected chi connectivity index (χ0v) is 12.1. The number of nitrogens with one attached hydrogen (secondary N) is 1. The van der Waals surface area contributed by atoms with Crippen LogP contribution in [-0.2, 0) is 0 Å². The fourth-order valence-corrected chi connectivity index (χ4v) is 3.02. The van der Waals surface area contributed by atoms with Crippen molar-refractivity contribution in [3.05, 3.63) is 23.8 Å². The number of primary amides is 1. The molecule has 1 saturated heterocycles. The van der Waals surface area contributed by atoms with Crippen molar-refractivity contribution in [3.63, 3.8) is 0 Å². The Hall–Kier alpha value is -2.24. The van der Waals surface area contributed by atoms with Gasteiger partial charge in [0.15, 0.2) is 0 Å². The number of piperidine rings is 1. The Morgan fingerprint density at radius 1 is 1.52 bits per heavy atom. The van der Waals surface area contributed by atoms with Crippen molar-refractivity contribution in [2.24, 2.45) is 5.73 Å². The number of aromatic amines is 1. The molecule has 2 heterocycles. The number of fused-ring (bicyclic) bond motifs is 1. The Bertz CT molecular complexity index is 652. The van der Waals surface area contributed by atoms with Crippen LogP contribution in [0.15, 0.2) is 18.2 Å². The van der Waals surface area contributed by atoms with Crippen LogP contribution in [0.2, 0.25) is 0 Å². The molecule has 3 rings (SSSR count). The third-order valence-electron chi connectivity index (χ3n) is 3.95. The molecule has 1 aromatic carbocycles. The van der Waals surface area contributed by atoms with Gasteiger partial charge in [-0.3, -0.25) is 0 Å². The fourth-order valence-electron chi connectivity index (χ4n) is 3.02. The third-order valence-corrected chi connectivity index (χ3v) is 3.95. The van der Waals surface area contributed by atoms with Crippen LogP contribution in [-0.4, -0.2) is 34.1 Å². The average Bonchev–Trinajstić information content (AvgIpc) is 2.90. The van der Waals surface area contributed by atoms with Gasteiger partial charge in [-0.15, -0.1) is 0 Å². The Labute approximate surface area is 123 Å². The fraction of sp³-hybridized carbons (Fsp3) is 0.467. The number of para-hydroxylation sites is 1. The van der Waals surface area contributed by atoms with Crippen LogP contribution in [0.5, 0.6) is 6.01 Å². The molecule has 6 nitrogen and oxygen atoms in total. The van der Waals surface area contributed by atoms with E-state index in [9.17, 15) is 4.79 Å². The molecule has 1 aliphatic rings. The second-order valence-electron chi connectivity index (χ2n) is 5.26. The number of carbonyl (C=O) groups is 1. The number of ether oxygens (including phenoxy) is 1. The molecule has 21 heavy (non-hydrogen) atoms. The van der Waals surface area contributed by atoms with Crippen LogP contribution in [0.1, 0.15) is 37.8 Å². The molecule has 1 fully saturated rings. The van der Waals surface area contributed by atoms with Crippen molar-refractivity contribution in [2.75, 3.05) is 13.2 Å². The molecular formula is C15H20N4O2. The van der Waals surface area contributed by atoms with E-state index < -0.39 is 0 Å². The van der Waals surface area contributed by atoms with E-state index in [0.717, 1.165) is 35.9 Å². The maximum absolute atomic E-state index is 11.7.